The Balaban J connectivity index is 2.73. The van der Waals surface area contributed by atoms with Gasteiger partial charge in [-0.05, 0) is 24.3 Å². The molecule has 0 amide bonds. The van der Waals surface area contributed by atoms with Crippen LogP contribution in [-0.2, 0) is 0 Å². The molecule has 0 fully saturated rings. The minimum Gasteiger partial charge on any atom is -0.312 e. The zero-order valence-electron chi connectivity index (χ0n) is 7.31. The molecule has 0 aliphatic rings. The van der Waals surface area contributed by atoms with Crippen LogP contribution in [0.15, 0.2) is 47.4 Å². The third-order valence-corrected chi connectivity index (χ3v) is 3.25. The molecule has 0 saturated carbocycles. The summed E-state index contributed by atoms with van der Waals surface area (Å²) < 4.78 is 3.09. The van der Waals surface area contributed by atoms with Crippen LogP contribution in [0.2, 0.25) is 0 Å². The van der Waals surface area contributed by atoms with Crippen LogP contribution in [0.1, 0.15) is 0 Å². The van der Waals surface area contributed by atoms with Crippen LogP contribution in [0.25, 0.3) is 15.7 Å². The van der Waals surface area contributed by atoms with Crippen LogP contribution in [0, 0.1) is 0 Å². The fraction of sp³-hybridized carbons (Fsp3) is 0. The van der Waals surface area contributed by atoms with Gasteiger partial charge in [0.15, 0.2) is 0 Å². The molecule has 68 valence electrons. The van der Waals surface area contributed by atoms with Crippen molar-refractivity contribution in [3.05, 3.63) is 52.1 Å². The molecule has 3 heteroatoms. The van der Waals surface area contributed by atoms with Gasteiger partial charge in [-0.2, -0.15) is 0 Å². The van der Waals surface area contributed by atoms with Crippen molar-refractivity contribution < 1.29 is 0 Å². The summed E-state index contributed by atoms with van der Waals surface area (Å²) in [7, 11) is 0. The van der Waals surface area contributed by atoms with Crippen LogP contribution in [0.4, 0.5) is 0 Å². The molecule has 2 heterocycles. The molecule has 0 bridgehead atoms. The van der Waals surface area contributed by atoms with Crippen LogP contribution >= 0.6 is 11.3 Å². The Labute approximate surface area is 84.0 Å². The Kier molecular flexibility index (Phi) is 1.49. The van der Waals surface area contributed by atoms with E-state index in [9.17, 15) is 4.79 Å². The van der Waals surface area contributed by atoms with E-state index >= 15 is 0 Å². The summed E-state index contributed by atoms with van der Waals surface area (Å²) in [5, 5.41) is 0. The zero-order valence-corrected chi connectivity index (χ0v) is 8.12. The highest BCUT2D eigenvalue weighted by atomic mass is 32.1. The largest absolute Gasteiger partial charge is 0.312 e. The average molecular weight is 201 g/mol. The van der Waals surface area contributed by atoms with Gasteiger partial charge in [-0.25, -0.2) is 0 Å². The molecular weight excluding hydrogens is 194 g/mol. The molecule has 0 unspecified atom stereocenters. The molecule has 0 saturated heterocycles. The normalized spacial score (nSPS) is 11.1. The van der Waals surface area contributed by atoms with E-state index in [1.165, 1.54) is 11.3 Å². The highest BCUT2D eigenvalue weighted by molar-refractivity contribution is 7.16. The van der Waals surface area contributed by atoms with Gasteiger partial charge in [-0.3, -0.25) is 4.79 Å². The van der Waals surface area contributed by atoms with Gasteiger partial charge in [0, 0.05) is 6.20 Å². The first-order chi connectivity index (χ1) is 6.86. The van der Waals surface area contributed by atoms with E-state index in [1.807, 2.05) is 47.0 Å². The van der Waals surface area contributed by atoms with E-state index in [0.29, 0.717) is 0 Å². The van der Waals surface area contributed by atoms with Crippen molar-refractivity contribution >= 4 is 27.1 Å². The second kappa shape index (κ2) is 2.69. The molecule has 0 aliphatic heterocycles. The summed E-state index contributed by atoms with van der Waals surface area (Å²) in [5.74, 6) is 0. The van der Waals surface area contributed by atoms with Crippen molar-refractivity contribution in [3.8, 4) is 0 Å². The average Bonchev–Trinajstić information content (AvgIpc) is 2.67. The van der Waals surface area contributed by atoms with Crippen molar-refractivity contribution in [1.82, 2.24) is 4.40 Å². The van der Waals surface area contributed by atoms with E-state index in [1.54, 1.807) is 0 Å². The Hall–Kier alpha value is -1.61. The summed E-state index contributed by atoms with van der Waals surface area (Å²) in [5.41, 5.74) is 1.85. The van der Waals surface area contributed by atoms with E-state index in [0.717, 1.165) is 15.7 Å². The molecule has 0 spiro atoms. The lowest BCUT2D eigenvalue weighted by molar-refractivity contribution is 1.28. The maximum Gasteiger partial charge on any atom is 0.256 e. The standard InChI is InChI=1S/C11H7NOS/c13-11-9-5-3-7-12(9)8-4-1-2-6-10(8)14-11/h1-7H. The number of fused-ring (bicyclic) bond motifs is 3. The van der Waals surface area contributed by atoms with Gasteiger partial charge in [-0.15, -0.1) is 0 Å². The predicted molar refractivity (Wildman–Crippen MR) is 59.1 cm³/mol. The fourth-order valence-corrected chi connectivity index (χ4v) is 2.54. The van der Waals surface area contributed by atoms with Gasteiger partial charge in [0.2, 0.25) is 0 Å². The Morgan fingerprint density at radius 3 is 2.71 bits per heavy atom. The third-order valence-electron chi connectivity index (χ3n) is 2.29. The fourth-order valence-electron chi connectivity index (χ4n) is 1.65. The summed E-state index contributed by atoms with van der Waals surface area (Å²) in [6.07, 6.45) is 1.92. The molecule has 3 aromatic rings. The number of rotatable bonds is 0. The second-order valence-electron chi connectivity index (χ2n) is 3.12. The van der Waals surface area contributed by atoms with Crippen LogP contribution < -0.4 is 4.74 Å². The second-order valence-corrected chi connectivity index (χ2v) is 4.14. The quantitative estimate of drug-likeness (QED) is 0.547. The van der Waals surface area contributed by atoms with Crippen molar-refractivity contribution in [1.29, 1.82) is 0 Å². The minimum absolute atomic E-state index is 0.119. The SMILES string of the molecule is O=c1sc2ccccc2n2cccc12. The van der Waals surface area contributed by atoms with Gasteiger partial charge < -0.3 is 4.40 Å². The molecule has 0 atom stereocenters. The molecule has 2 nitrogen and oxygen atoms in total. The first kappa shape index (κ1) is 7.76. The zero-order chi connectivity index (χ0) is 9.54. The lowest BCUT2D eigenvalue weighted by Gasteiger charge is -1.99. The topological polar surface area (TPSA) is 21.5 Å². The molecule has 0 radical (unpaired) electrons. The van der Waals surface area contributed by atoms with E-state index in [4.69, 9.17) is 0 Å². The van der Waals surface area contributed by atoms with Crippen molar-refractivity contribution in [2.45, 2.75) is 0 Å². The summed E-state index contributed by atoms with van der Waals surface area (Å²) in [4.78, 5) is 11.7. The molecule has 0 N–H and O–H groups in total. The Morgan fingerprint density at radius 1 is 1.00 bits per heavy atom. The number of hydrogen-bond acceptors (Lipinski definition) is 2. The molecule has 3 rings (SSSR count). The first-order valence-corrected chi connectivity index (χ1v) is 5.17. The third kappa shape index (κ3) is 0.930. The van der Waals surface area contributed by atoms with E-state index in [-0.39, 0.29) is 4.74 Å². The summed E-state index contributed by atoms with van der Waals surface area (Å²) in [6, 6.07) is 11.7. The van der Waals surface area contributed by atoms with Gasteiger partial charge in [-0.1, -0.05) is 23.5 Å². The smallest absolute Gasteiger partial charge is 0.256 e. The van der Waals surface area contributed by atoms with Crippen LogP contribution in [0.3, 0.4) is 0 Å². The molecule has 0 aliphatic carbocycles. The van der Waals surface area contributed by atoms with Crippen LogP contribution in [-0.4, -0.2) is 4.40 Å². The maximum absolute atomic E-state index is 11.7. The molecule has 1 aromatic carbocycles. The maximum atomic E-state index is 11.7. The number of benzene rings is 1. The summed E-state index contributed by atoms with van der Waals surface area (Å²) >= 11 is 1.30. The lowest BCUT2D eigenvalue weighted by atomic mass is 10.3. The molecular formula is C11H7NOS. The number of para-hydroxylation sites is 1. The number of hydrogen-bond donors (Lipinski definition) is 0. The van der Waals surface area contributed by atoms with Gasteiger partial charge in [0.1, 0.15) is 5.52 Å². The molecule has 2 aromatic heterocycles. The van der Waals surface area contributed by atoms with Crippen molar-refractivity contribution in [2.24, 2.45) is 0 Å². The highest BCUT2D eigenvalue weighted by Gasteiger charge is 2.02. The summed E-state index contributed by atoms with van der Waals surface area (Å²) in [6.45, 7) is 0. The monoisotopic (exact) mass is 201 g/mol. The highest BCUT2D eigenvalue weighted by Crippen LogP contribution is 2.17. The Bertz CT molecular complexity index is 665. The Morgan fingerprint density at radius 2 is 1.79 bits per heavy atom. The van der Waals surface area contributed by atoms with Crippen molar-refractivity contribution in [3.63, 3.8) is 0 Å². The van der Waals surface area contributed by atoms with Gasteiger partial charge >= 0.3 is 0 Å². The predicted octanol–water partition coefficient (Wildman–Crippen LogP) is 2.51. The molecule has 14 heavy (non-hydrogen) atoms. The lowest BCUT2D eigenvalue weighted by Crippen LogP contribution is -1.99. The van der Waals surface area contributed by atoms with Gasteiger partial charge in [0.05, 0.1) is 10.2 Å². The van der Waals surface area contributed by atoms with Crippen LogP contribution in [0.5, 0.6) is 0 Å². The minimum atomic E-state index is 0.119. The van der Waals surface area contributed by atoms with E-state index < -0.39 is 0 Å². The van der Waals surface area contributed by atoms with Gasteiger partial charge in [0.25, 0.3) is 4.74 Å². The number of nitrogens with zero attached hydrogens (tertiary/aromatic N) is 1. The number of aromatic nitrogens is 1. The van der Waals surface area contributed by atoms with E-state index in [2.05, 4.69) is 0 Å². The van der Waals surface area contributed by atoms with Crippen molar-refractivity contribution in [2.75, 3.05) is 0 Å². The first-order valence-electron chi connectivity index (χ1n) is 4.35.